The number of para-hydroxylation sites is 3. The fourth-order valence-electron chi connectivity index (χ4n) is 11.6. The van der Waals surface area contributed by atoms with Crippen LogP contribution in [0.25, 0.3) is 22.3 Å². The molecule has 316 valence electrons. The molecule has 0 saturated heterocycles. The summed E-state index contributed by atoms with van der Waals surface area (Å²) in [6, 6.07) is 87.5. The largest absolute Gasteiger partial charge is 0.458 e. The lowest BCUT2D eigenvalue weighted by Gasteiger charge is -2.43. The Balaban J connectivity index is 1.16. The van der Waals surface area contributed by atoms with Crippen molar-refractivity contribution in [1.82, 2.24) is 0 Å². The Kier molecular flexibility index (Phi) is 9.09. The molecule has 0 fully saturated rings. The molecule has 3 aliphatic rings. The van der Waals surface area contributed by atoms with Gasteiger partial charge in [0.15, 0.2) is 8.07 Å². The Bertz CT molecular complexity index is 3430. The van der Waals surface area contributed by atoms with Gasteiger partial charge in [-0.15, -0.1) is 0 Å². The van der Waals surface area contributed by atoms with Crippen molar-refractivity contribution in [3.8, 4) is 33.8 Å². The van der Waals surface area contributed by atoms with Gasteiger partial charge in [0, 0.05) is 28.8 Å². The monoisotopic (exact) mass is 872 g/mol. The van der Waals surface area contributed by atoms with Crippen molar-refractivity contribution < 1.29 is 4.74 Å². The van der Waals surface area contributed by atoms with Gasteiger partial charge < -0.3 is 14.5 Å². The van der Waals surface area contributed by atoms with Gasteiger partial charge in [0.1, 0.15) is 11.5 Å². The van der Waals surface area contributed by atoms with Crippen molar-refractivity contribution in [1.29, 1.82) is 0 Å². The molecular weight excluding hydrogens is 828 g/mol. The molecule has 0 N–H and O–H groups in total. The maximum Gasteiger partial charge on any atom is 0.256 e. The molecular formula is C62H45BN2OSi. The molecule has 0 aliphatic carbocycles. The lowest BCUT2D eigenvalue weighted by Crippen LogP contribution is -2.73. The molecule has 5 heteroatoms. The molecule has 67 heavy (non-hydrogen) atoms. The molecule has 10 aromatic carbocycles. The third-order valence-corrected chi connectivity index (χ3v) is 19.3. The quantitative estimate of drug-likeness (QED) is 0.148. The summed E-state index contributed by atoms with van der Waals surface area (Å²) in [5.41, 5.74) is 17.7. The summed E-state index contributed by atoms with van der Waals surface area (Å²) in [6.07, 6.45) is 0. The molecule has 0 amide bonds. The number of benzene rings is 10. The van der Waals surface area contributed by atoms with Gasteiger partial charge in [-0.25, -0.2) is 0 Å². The molecule has 0 radical (unpaired) electrons. The van der Waals surface area contributed by atoms with Crippen LogP contribution in [0.3, 0.4) is 0 Å². The van der Waals surface area contributed by atoms with Crippen molar-refractivity contribution in [2.24, 2.45) is 0 Å². The minimum Gasteiger partial charge on any atom is -0.458 e. The first-order valence-corrected chi connectivity index (χ1v) is 25.3. The molecule has 10 aromatic rings. The Morgan fingerprint density at radius 2 is 1.00 bits per heavy atom. The molecule has 3 nitrogen and oxygen atoms in total. The number of hydrogen-bond acceptors (Lipinski definition) is 3. The summed E-state index contributed by atoms with van der Waals surface area (Å²) in [4.78, 5) is 4.94. The van der Waals surface area contributed by atoms with Crippen LogP contribution < -0.4 is 51.7 Å². The Morgan fingerprint density at radius 1 is 0.418 bits per heavy atom. The lowest BCUT2D eigenvalue weighted by atomic mass is 9.34. The highest BCUT2D eigenvalue weighted by Gasteiger charge is 2.51. The van der Waals surface area contributed by atoms with E-state index in [1.807, 2.05) is 0 Å². The number of ether oxygens (including phenoxy) is 1. The highest BCUT2D eigenvalue weighted by molar-refractivity contribution is 7.22. The van der Waals surface area contributed by atoms with Crippen molar-refractivity contribution in [3.05, 3.63) is 248 Å². The van der Waals surface area contributed by atoms with E-state index in [4.69, 9.17) is 4.74 Å². The van der Waals surface area contributed by atoms with Crippen LogP contribution in [0.4, 0.5) is 34.1 Å². The van der Waals surface area contributed by atoms with Crippen LogP contribution in [0.2, 0.25) is 0 Å². The zero-order valence-corrected chi connectivity index (χ0v) is 38.4. The smallest absolute Gasteiger partial charge is 0.256 e. The second-order valence-electron chi connectivity index (χ2n) is 18.1. The molecule has 0 bridgehead atoms. The van der Waals surface area contributed by atoms with Crippen LogP contribution in [0.5, 0.6) is 11.5 Å². The van der Waals surface area contributed by atoms with Gasteiger partial charge in [-0.3, -0.25) is 0 Å². The fraction of sp³-hybridized carbons (Fsp3) is 0.0323. The van der Waals surface area contributed by atoms with Gasteiger partial charge in [0.25, 0.3) is 6.71 Å². The lowest BCUT2D eigenvalue weighted by molar-refractivity contribution is 0.488. The number of hydrogen-bond donors (Lipinski definition) is 0. The zero-order valence-electron chi connectivity index (χ0n) is 37.4. The summed E-state index contributed by atoms with van der Waals surface area (Å²) in [5, 5.41) is 5.65. The van der Waals surface area contributed by atoms with Crippen molar-refractivity contribution in [2.75, 3.05) is 9.80 Å². The molecule has 0 saturated carbocycles. The topological polar surface area (TPSA) is 15.7 Å². The average molecular weight is 873 g/mol. The molecule has 0 aromatic heterocycles. The summed E-state index contributed by atoms with van der Waals surface area (Å²) >= 11 is 0. The summed E-state index contributed by atoms with van der Waals surface area (Å²) in [5.74, 6) is 1.75. The standard InChI is InChI=1S/C62H45BN2OSi/c1-42-21-20-22-43(2)62(42)65-55-40-52-51-33-18-19-34-59(51)67(49-29-14-6-15-30-49,50-31-16-7-17-32-50)60(52)41-54(55)63-53-36-35-45(44-23-8-3-9-24-44)37-57(53)66-58-39-48(38-56(65)61(58)63)64(46-25-10-4-11-26-46)47-27-12-5-13-28-47/h3-41H,1-2H3. The molecule has 3 heterocycles. The van der Waals surface area contributed by atoms with Gasteiger partial charge in [-0.2, -0.15) is 0 Å². The van der Waals surface area contributed by atoms with Crippen LogP contribution in [0, 0.1) is 13.8 Å². The second-order valence-corrected chi connectivity index (χ2v) is 21.8. The Morgan fingerprint density at radius 3 is 1.64 bits per heavy atom. The number of fused-ring (bicyclic) bond motifs is 7. The van der Waals surface area contributed by atoms with E-state index in [9.17, 15) is 0 Å². The zero-order chi connectivity index (χ0) is 44.6. The Labute approximate surface area is 393 Å². The highest BCUT2D eigenvalue weighted by atomic mass is 28.3. The minimum atomic E-state index is -2.84. The maximum atomic E-state index is 7.39. The molecule has 0 unspecified atom stereocenters. The van der Waals surface area contributed by atoms with Crippen LogP contribution in [0.15, 0.2) is 237 Å². The van der Waals surface area contributed by atoms with E-state index in [2.05, 4.69) is 260 Å². The van der Waals surface area contributed by atoms with Gasteiger partial charge in [0.05, 0.1) is 11.4 Å². The van der Waals surface area contributed by atoms with E-state index in [1.54, 1.807) is 0 Å². The number of rotatable bonds is 7. The van der Waals surface area contributed by atoms with E-state index in [-0.39, 0.29) is 6.71 Å². The third-order valence-electron chi connectivity index (χ3n) is 14.4. The number of aryl methyl sites for hydroxylation is 2. The fourth-order valence-corrected chi connectivity index (χ4v) is 16.8. The number of anilines is 6. The van der Waals surface area contributed by atoms with Crippen LogP contribution >= 0.6 is 0 Å². The van der Waals surface area contributed by atoms with Gasteiger partial charge in [0.2, 0.25) is 0 Å². The first-order chi connectivity index (χ1) is 33.1. The van der Waals surface area contributed by atoms with E-state index in [0.29, 0.717) is 0 Å². The molecule has 0 atom stereocenters. The Hall–Kier alpha value is -8.12. The SMILES string of the molecule is Cc1cccc(C)c1N1c2cc3c(cc2B2c4ccc(-c5ccccc5)cc4Oc4cc(N(c5ccccc5)c5ccccc5)cc1c42)[Si](c1ccccc1)(c1ccccc1)c1ccccc1-3. The summed E-state index contributed by atoms with van der Waals surface area (Å²) in [7, 11) is -2.84. The van der Waals surface area contributed by atoms with Gasteiger partial charge in [-0.05, 0) is 127 Å². The van der Waals surface area contributed by atoms with Crippen molar-refractivity contribution in [2.45, 2.75) is 13.8 Å². The van der Waals surface area contributed by atoms with E-state index in [1.165, 1.54) is 70.8 Å². The first kappa shape index (κ1) is 39.3. The average Bonchev–Trinajstić information content (AvgIpc) is 3.67. The van der Waals surface area contributed by atoms with Gasteiger partial charge >= 0.3 is 0 Å². The third kappa shape index (κ3) is 5.98. The van der Waals surface area contributed by atoms with E-state index in [0.717, 1.165) is 45.4 Å². The molecule has 3 aliphatic heterocycles. The van der Waals surface area contributed by atoms with Crippen LogP contribution in [-0.4, -0.2) is 14.8 Å². The number of nitrogens with zero attached hydrogens (tertiary/aromatic N) is 2. The maximum absolute atomic E-state index is 7.39. The minimum absolute atomic E-state index is 0.114. The highest BCUT2D eigenvalue weighted by Crippen LogP contribution is 2.48. The molecule has 0 spiro atoms. The van der Waals surface area contributed by atoms with Crippen molar-refractivity contribution >= 4 is 86.0 Å². The molecule has 13 rings (SSSR count). The van der Waals surface area contributed by atoms with E-state index < -0.39 is 8.07 Å². The predicted molar refractivity (Wildman–Crippen MR) is 284 cm³/mol. The van der Waals surface area contributed by atoms with Crippen LogP contribution in [0.1, 0.15) is 11.1 Å². The first-order valence-electron chi connectivity index (χ1n) is 23.3. The predicted octanol–water partition coefficient (Wildman–Crippen LogP) is 11.2. The van der Waals surface area contributed by atoms with Crippen molar-refractivity contribution in [3.63, 3.8) is 0 Å². The van der Waals surface area contributed by atoms with E-state index >= 15 is 0 Å². The normalized spacial score (nSPS) is 13.4. The second kappa shape index (κ2) is 15.5. The summed E-state index contributed by atoms with van der Waals surface area (Å²) in [6.45, 7) is 4.40. The van der Waals surface area contributed by atoms with Crippen LogP contribution in [-0.2, 0) is 0 Å². The summed E-state index contributed by atoms with van der Waals surface area (Å²) < 4.78 is 7.39. The van der Waals surface area contributed by atoms with Gasteiger partial charge in [-0.1, -0.05) is 188 Å².